The van der Waals surface area contributed by atoms with Crippen LogP contribution in [0.25, 0.3) is 22.4 Å². The van der Waals surface area contributed by atoms with Gasteiger partial charge in [-0.1, -0.05) is 59.6 Å². The number of rotatable bonds is 4. The Bertz CT molecular complexity index is 853. The second-order valence-corrected chi connectivity index (χ2v) is 5.92. The number of aromatic nitrogens is 1. The highest BCUT2D eigenvalue weighted by Gasteiger charge is 2.11. The summed E-state index contributed by atoms with van der Waals surface area (Å²) in [7, 11) is 0. The molecule has 0 saturated carbocycles. The molecule has 0 bridgehead atoms. The van der Waals surface area contributed by atoms with Gasteiger partial charge < -0.3 is 4.55 Å². The van der Waals surface area contributed by atoms with Gasteiger partial charge in [0.1, 0.15) is 5.82 Å². The summed E-state index contributed by atoms with van der Waals surface area (Å²) in [5.41, 5.74) is 3.31. The Morgan fingerprint density at radius 2 is 1.78 bits per heavy atom. The second-order valence-electron chi connectivity index (χ2n) is 5.02. The fourth-order valence-corrected chi connectivity index (χ4v) is 2.91. The van der Waals surface area contributed by atoms with Crippen molar-refractivity contribution < 1.29 is 13.2 Å². The van der Waals surface area contributed by atoms with Gasteiger partial charge in [0.05, 0.1) is 5.69 Å². The SMILES string of the molecule is O=S([O-])Cc1ccc(-c2ncccc2-c2ccccc2)cc1F. The molecule has 0 aliphatic rings. The molecule has 2 aromatic carbocycles. The molecular weight excluding hydrogens is 313 g/mol. The van der Waals surface area contributed by atoms with Gasteiger partial charge in [-0.05, 0) is 23.3 Å². The third-order valence-electron chi connectivity index (χ3n) is 3.49. The summed E-state index contributed by atoms with van der Waals surface area (Å²) in [6.07, 6.45) is 1.65. The zero-order chi connectivity index (χ0) is 16.2. The maximum atomic E-state index is 14.1. The number of pyridine rings is 1. The first-order valence-corrected chi connectivity index (χ1v) is 8.24. The molecule has 3 nitrogen and oxygen atoms in total. The maximum absolute atomic E-state index is 14.1. The third-order valence-corrected chi connectivity index (χ3v) is 4.04. The minimum atomic E-state index is -2.32. The van der Waals surface area contributed by atoms with E-state index in [1.165, 1.54) is 12.1 Å². The van der Waals surface area contributed by atoms with Crippen molar-refractivity contribution in [1.82, 2.24) is 4.98 Å². The van der Waals surface area contributed by atoms with Gasteiger partial charge in [-0.2, -0.15) is 0 Å². The molecule has 23 heavy (non-hydrogen) atoms. The number of nitrogens with zero attached hydrogens (tertiary/aromatic N) is 1. The molecule has 1 heterocycles. The van der Waals surface area contributed by atoms with E-state index in [4.69, 9.17) is 0 Å². The summed E-state index contributed by atoms with van der Waals surface area (Å²) < 4.78 is 35.6. The summed E-state index contributed by atoms with van der Waals surface area (Å²) in [6.45, 7) is 0. The highest BCUT2D eigenvalue weighted by molar-refractivity contribution is 7.78. The van der Waals surface area contributed by atoms with Gasteiger partial charge in [0.15, 0.2) is 0 Å². The van der Waals surface area contributed by atoms with E-state index in [-0.39, 0.29) is 11.3 Å². The van der Waals surface area contributed by atoms with Crippen LogP contribution in [0, 0.1) is 5.82 Å². The molecule has 0 radical (unpaired) electrons. The van der Waals surface area contributed by atoms with Crippen molar-refractivity contribution in [2.75, 3.05) is 0 Å². The van der Waals surface area contributed by atoms with E-state index in [0.29, 0.717) is 11.3 Å². The first kappa shape index (κ1) is 15.5. The van der Waals surface area contributed by atoms with Crippen LogP contribution in [0.5, 0.6) is 0 Å². The summed E-state index contributed by atoms with van der Waals surface area (Å²) in [5.74, 6) is -0.878. The summed E-state index contributed by atoms with van der Waals surface area (Å²) in [6, 6.07) is 18.0. The lowest BCUT2D eigenvalue weighted by molar-refractivity contribution is 0.533. The number of hydrogen-bond donors (Lipinski definition) is 0. The predicted octanol–water partition coefficient (Wildman–Crippen LogP) is 3.93. The van der Waals surface area contributed by atoms with E-state index in [2.05, 4.69) is 4.98 Å². The van der Waals surface area contributed by atoms with E-state index >= 15 is 0 Å². The fraction of sp³-hybridized carbons (Fsp3) is 0.0556. The minimum Gasteiger partial charge on any atom is -0.772 e. The second kappa shape index (κ2) is 6.81. The summed E-state index contributed by atoms with van der Waals surface area (Å²) in [4.78, 5) is 4.37. The van der Waals surface area contributed by atoms with Gasteiger partial charge in [-0.3, -0.25) is 9.19 Å². The van der Waals surface area contributed by atoms with E-state index in [1.807, 2.05) is 42.5 Å². The molecule has 5 heteroatoms. The van der Waals surface area contributed by atoms with Crippen LogP contribution < -0.4 is 0 Å². The standard InChI is InChI=1S/C18H14FNO2S/c19-17-11-14(8-9-15(17)12-23(21)22)18-16(7-4-10-20-18)13-5-2-1-3-6-13/h1-11H,12H2,(H,21,22)/p-1. The molecule has 1 unspecified atom stereocenters. The largest absolute Gasteiger partial charge is 0.772 e. The van der Waals surface area contributed by atoms with Crippen LogP contribution in [0.3, 0.4) is 0 Å². The van der Waals surface area contributed by atoms with E-state index < -0.39 is 16.9 Å². The molecular formula is C18H13FNO2S-. The van der Waals surface area contributed by atoms with Crippen molar-refractivity contribution >= 4 is 11.1 Å². The maximum Gasteiger partial charge on any atom is 0.127 e. The predicted molar refractivity (Wildman–Crippen MR) is 87.7 cm³/mol. The highest BCUT2D eigenvalue weighted by atomic mass is 32.2. The number of halogens is 1. The molecule has 1 aromatic heterocycles. The molecule has 0 spiro atoms. The van der Waals surface area contributed by atoms with Crippen LogP contribution in [-0.4, -0.2) is 13.7 Å². The van der Waals surface area contributed by atoms with Crippen molar-refractivity contribution in [3.8, 4) is 22.4 Å². The average Bonchev–Trinajstić information content (AvgIpc) is 2.57. The van der Waals surface area contributed by atoms with Crippen molar-refractivity contribution in [2.24, 2.45) is 0 Å². The van der Waals surface area contributed by atoms with Crippen LogP contribution in [0.2, 0.25) is 0 Å². The average molecular weight is 326 g/mol. The van der Waals surface area contributed by atoms with E-state index in [0.717, 1.165) is 11.1 Å². The molecule has 0 aliphatic heterocycles. The Morgan fingerprint density at radius 3 is 2.48 bits per heavy atom. The fourth-order valence-electron chi connectivity index (χ4n) is 2.42. The van der Waals surface area contributed by atoms with E-state index in [9.17, 15) is 13.2 Å². The molecule has 3 rings (SSSR count). The van der Waals surface area contributed by atoms with Gasteiger partial charge in [-0.25, -0.2) is 4.39 Å². The monoisotopic (exact) mass is 326 g/mol. The topological polar surface area (TPSA) is 53.0 Å². The quantitative estimate of drug-likeness (QED) is 0.683. The summed E-state index contributed by atoms with van der Waals surface area (Å²) in [5, 5.41) is 0. The van der Waals surface area contributed by atoms with Crippen molar-refractivity contribution in [3.05, 3.63) is 78.2 Å². The van der Waals surface area contributed by atoms with Gasteiger partial charge in [-0.15, -0.1) is 0 Å². The van der Waals surface area contributed by atoms with Gasteiger partial charge >= 0.3 is 0 Å². The zero-order valence-electron chi connectivity index (χ0n) is 12.1. The molecule has 116 valence electrons. The highest BCUT2D eigenvalue weighted by Crippen LogP contribution is 2.30. The van der Waals surface area contributed by atoms with Gasteiger partial charge in [0.25, 0.3) is 0 Å². The summed E-state index contributed by atoms with van der Waals surface area (Å²) >= 11 is -2.32. The van der Waals surface area contributed by atoms with Crippen LogP contribution in [-0.2, 0) is 16.8 Å². The normalized spacial score (nSPS) is 12.1. The Balaban J connectivity index is 2.06. The Hall–Kier alpha value is -2.37. The molecule has 0 fully saturated rings. The molecule has 0 saturated heterocycles. The molecule has 0 amide bonds. The van der Waals surface area contributed by atoms with E-state index in [1.54, 1.807) is 12.3 Å². The zero-order valence-corrected chi connectivity index (χ0v) is 12.9. The number of benzene rings is 2. The van der Waals surface area contributed by atoms with Gasteiger partial charge in [0, 0.05) is 23.1 Å². The lowest BCUT2D eigenvalue weighted by Gasteiger charge is -2.11. The number of hydrogen-bond acceptors (Lipinski definition) is 3. The van der Waals surface area contributed by atoms with Crippen molar-refractivity contribution in [3.63, 3.8) is 0 Å². The van der Waals surface area contributed by atoms with Gasteiger partial charge in [0.2, 0.25) is 0 Å². The molecule has 0 aliphatic carbocycles. The van der Waals surface area contributed by atoms with Crippen LogP contribution >= 0.6 is 0 Å². The minimum absolute atomic E-state index is 0.152. The first-order valence-electron chi connectivity index (χ1n) is 7.00. The Kier molecular flexibility index (Phi) is 4.60. The first-order chi connectivity index (χ1) is 11.1. The Labute approximate surface area is 136 Å². The van der Waals surface area contributed by atoms with Crippen molar-refractivity contribution in [1.29, 1.82) is 0 Å². The lowest BCUT2D eigenvalue weighted by Crippen LogP contribution is -1.98. The van der Waals surface area contributed by atoms with Crippen molar-refractivity contribution in [2.45, 2.75) is 5.75 Å². The Morgan fingerprint density at radius 1 is 1.00 bits per heavy atom. The lowest BCUT2D eigenvalue weighted by atomic mass is 9.99. The van der Waals surface area contributed by atoms with Crippen LogP contribution in [0.15, 0.2) is 66.9 Å². The van der Waals surface area contributed by atoms with Crippen LogP contribution in [0.1, 0.15) is 5.56 Å². The molecule has 0 N–H and O–H groups in total. The van der Waals surface area contributed by atoms with Crippen LogP contribution in [0.4, 0.5) is 4.39 Å². The molecule has 3 aromatic rings. The molecule has 1 atom stereocenters. The third kappa shape index (κ3) is 3.52. The smallest absolute Gasteiger partial charge is 0.127 e.